The van der Waals surface area contributed by atoms with Crippen LogP contribution < -0.4 is 14.8 Å². The molecular formula is C24H22FNO4. The molecule has 0 aliphatic rings. The van der Waals surface area contributed by atoms with Crippen LogP contribution in [-0.4, -0.2) is 18.8 Å². The van der Waals surface area contributed by atoms with Crippen molar-refractivity contribution >= 4 is 11.7 Å². The van der Waals surface area contributed by atoms with Gasteiger partial charge in [-0.1, -0.05) is 12.1 Å². The zero-order valence-corrected chi connectivity index (χ0v) is 16.8. The van der Waals surface area contributed by atoms with Crippen molar-refractivity contribution in [2.45, 2.75) is 19.9 Å². The fraction of sp³-hybridized carbons (Fsp3) is 0.167. The zero-order valence-electron chi connectivity index (χ0n) is 16.8. The minimum Gasteiger partial charge on any atom is -0.496 e. The third-order valence-electron chi connectivity index (χ3n) is 4.50. The van der Waals surface area contributed by atoms with E-state index in [0.717, 1.165) is 5.56 Å². The quantitative estimate of drug-likeness (QED) is 0.551. The molecular weight excluding hydrogens is 385 g/mol. The summed E-state index contributed by atoms with van der Waals surface area (Å²) in [6.45, 7) is 1.83. The average molecular weight is 407 g/mol. The lowest BCUT2D eigenvalue weighted by Crippen LogP contribution is -2.24. The number of ketones is 1. The highest BCUT2D eigenvalue weighted by Gasteiger charge is 2.11. The van der Waals surface area contributed by atoms with Gasteiger partial charge < -0.3 is 14.8 Å². The normalized spacial score (nSPS) is 10.4. The molecule has 0 radical (unpaired) electrons. The monoisotopic (exact) mass is 407 g/mol. The Morgan fingerprint density at radius 2 is 1.57 bits per heavy atom. The lowest BCUT2D eigenvalue weighted by atomic mass is 10.0. The first-order valence-corrected chi connectivity index (χ1v) is 9.41. The number of hydrogen-bond acceptors (Lipinski definition) is 4. The smallest absolute Gasteiger partial charge is 0.224 e. The molecule has 3 rings (SSSR count). The lowest BCUT2D eigenvalue weighted by Gasteiger charge is -2.11. The molecule has 3 aromatic carbocycles. The van der Waals surface area contributed by atoms with Crippen molar-refractivity contribution in [2.75, 3.05) is 7.11 Å². The summed E-state index contributed by atoms with van der Waals surface area (Å²) in [7, 11) is 1.53. The minimum atomic E-state index is -0.320. The topological polar surface area (TPSA) is 64.6 Å². The van der Waals surface area contributed by atoms with Gasteiger partial charge in [-0.15, -0.1) is 0 Å². The summed E-state index contributed by atoms with van der Waals surface area (Å²) in [4.78, 5) is 23.9. The summed E-state index contributed by atoms with van der Waals surface area (Å²) in [5.41, 5.74) is 2.10. The van der Waals surface area contributed by atoms with Crippen molar-refractivity contribution < 1.29 is 23.5 Å². The van der Waals surface area contributed by atoms with Crippen LogP contribution in [0.2, 0.25) is 0 Å². The van der Waals surface area contributed by atoms with Gasteiger partial charge in [-0.3, -0.25) is 9.59 Å². The molecule has 0 aliphatic heterocycles. The largest absolute Gasteiger partial charge is 0.496 e. The Bertz CT molecular complexity index is 1030. The first-order chi connectivity index (χ1) is 14.4. The second-order valence-corrected chi connectivity index (χ2v) is 6.74. The summed E-state index contributed by atoms with van der Waals surface area (Å²) in [5, 5.41) is 2.86. The third kappa shape index (κ3) is 5.67. The first-order valence-electron chi connectivity index (χ1n) is 9.41. The number of Topliss-reactive ketones (excluding diaryl/α,β-unsaturated/α-hetero) is 1. The van der Waals surface area contributed by atoms with E-state index in [2.05, 4.69) is 5.32 Å². The molecule has 30 heavy (non-hydrogen) atoms. The van der Waals surface area contributed by atoms with E-state index in [1.165, 1.54) is 26.2 Å². The standard InChI is InChI=1S/C24H22FNO4/c1-16(27)18-5-12-23(29-2)19(13-18)14-24(28)26-15-17-3-8-21(9-4-17)30-22-10-6-20(25)7-11-22/h3-13H,14-15H2,1-2H3,(H,26,28). The number of hydrogen-bond donors (Lipinski definition) is 1. The van der Waals surface area contributed by atoms with Crippen LogP contribution in [0.1, 0.15) is 28.4 Å². The summed E-state index contributed by atoms with van der Waals surface area (Å²) >= 11 is 0. The van der Waals surface area contributed by atoms with Crippen molar-refractivity contribution in [3.8, 4) is 17.2 Å². The highest BCUT2D eigenvalue weighted by Crippen LogP contribution is 2.23. The van der Waals surface area contributed by atoms with Gasteiger partial charge in [0.15, 0.2) is 5.78 Å². The number of rotatable bonds is 8. The molecule has 0 aromatic heterocycles. The van der Waals surface area contributed by atoms with Crippen LogP contribution in [0, 0.1) is 5.82 Å². The number of halogens is 1. The predicted octanol–water partition coefficient (Wildman–Crippen LogP) is 4.69. The molecule has 6 heteroatoms. The van der Waals surface area contributed by atoms with E-state index in [0.29, 0.717) is 34.9 Å². The van der Waals surface area contributed by atoms with E-state index in [4.69, 9.17) is 9.47 Å². The van der Waals surface area contributed by atoms with Crippen molar-refractivity contribution in [3.05, 3.63) is 89.2 Å². The van der Waals surface area contributed by atoms with Crippen LogP contribution in [0.15, 0.2) is 66.7 Å². The number of amides is 1. The lowest BCUT2D eigenvalue weighted by molar-refractivity contribution is -0.120. The van der Waals surface area contributed by atoms with E-state index in [1.54, 1.807) is 42.5 Å². The Hall–Kier alpha value is -3.67. The molecule has 0 aliphatic carbocycles. The van der Waals surface area contributed by atoms with E-state index in [1.807, 2.05) is 12.1 Å². The Morgan fingerprint density at radius 3 is 2.17 bits per heavy atom. The van der Waals surface area contributed by atoms with Gasteiger partial charge in [-0.25, -0.2) is 4.39 Å². The third-order valence-corrected chi connectivity index (χ3v) is 4.50. The van der Waals surface area contributed by atoms with Crippen molar-refractivity contribution in [1.29, 1.82) is 0 Å². The number of carbonyl (C=O) groups excluding carboxylic acids is 2. The van der Waals surface area contributed by atoms with Crippen molar-refractivity contribution in [1.82, 2.24) is 5.32 Å². The Kier molecular flexibility index (Phi) is 6.80. The number of ether oxygens (including phenoxy) is 2. The zero-order chi connectivity index (χ0) is 21.5. The molecule has 3 aromatic rings. The Labute approximate surface area is 174 Å². The van der Waals surface area contributed by atoms with E-state index < -0.39 is 0 Å². The molecule has 0 bridgehead atoms. The molecule has 0 atom stereocenters. The highest BCUT2D eigenvalue weighted by atomic mass is 19.1. The number of carbonyl (C=O) groups is 2. The van der Waals surface area contributed by atoms with Gasteiger partial charge in [0.05, 0.1) is 13.5 Å². The van der Waals surface area contributed by atoms with Gasteiger partial charge in [0.1, 0.15) is 23.1 Å². The van der Waals surface area contributed by atoms with Crippen molar-refractivity contribution in [2.24, 2.45) is 0 Å². The molecule has 0 fully saturated rings. The van der Waals surface area contributed by atoms with Crippen LogP contribution in [0.5, 0.6) is 17.2 Å². The molecule has 5 nitrogen and oxygen atoms in total. The fourth-order valence-corrected chi connectivity index (χ4v) is 2.89. The van der Waals surface area contributed by atoms with Crippen LogP contribution in [-0.2, 0) is 17.8 Å². The minimum absolute atomic E-state index is 0.0674. The molecule has 0 saturated heterocycles. The molecule has 0 saturated carbocycles. The molecule has 1 N–H and O–H groups in total. The second-order valence-electron chi connectivity index (χ2n) is 6.74. The Morgan fingerprint density at radius 1 is 0.933 bits per heavy atom. The van der Waals surface area contributed by atoms with Crippen molar-refractivity contribution in [3.63, 3.8) is 0 Å². The van der Waals surface area contributed by atoms with Crippen LogP contribution in [0.25, 0.3) is 0 Å². The van der Waals surface area contributed by atoms with Gasteiger partial charge in [-0.2, -0.15) is 0 Å². The van der Waals surface area contributed by atoms with Crippen LogP contribution >= 0.6 is 0 Å². The van der Waals surface area contributed by atoms with Crippen LogP contribution in [0.4, 0.5) is 4.39 Å². The Balaban J connectivity index is 1.56. The van der Waals surface area contributed by atoms with Gasteiger partial charge in [0, 0.05) is 17.7 Å². The van der Waals surface area contributed by atoms with E-state index >= 15 is 0 Å². The molecule has 1 amide bonds. The van der Waals surface area contributed by atoms with Gasteiger partial charge >= 0.3 is 0 Å². The summed E-state index contributed by atoms with van der Waals surface area (Å²) in [6.07, 6.45) is 0.107. The number of benzene rings is 3. The van der Waals surface area contributed by atoms with Gasteiger partial charge in [0.25, 0.3) is 0 Å². The SMILES string of the molecule is COc1ccc(C(C)=O)cc1CC(=O)NCc1ccc(Oc2ccc(F)cc2)cc1. The number of methoxy groups -OCH3 is 1. The molecule has 0 heterocycles. The maximum absolute atomic E-state index is 13.0. The molecule has 154 valence electrons. The summed E-state index contributed by atoms with van der Waals surface area (Å²) in [6, 6.07) is 18.1. The highest BCUT2D eigenvalue weighted by molar-refractivity contribution is 5.94. The van der Waals surface area contributed by atoms with Crippen LogP contribution in [0.3, 0.4) is 0 Å². The fourth-order valence-electron chi connectivity index (χ4n) is 2.89. The summed E-state index contributed by atoms with van der Waals surface area (Å²) in [5.74, 6) is 1.15. The summed E-state index contributed by atoms with van der Waals surface area (Å²) < 4.78 is 23.9. The maximum atomic E-state index is 13.0. The van der Waals surface area contributed by atoms with E-state index in [9.17, 15) is 14.0 Å². The second kappa shape index (κ2) is 9.69. The van der Waals surface area contributed by atoms with Gasteiger partial charge in [0.2, 0.25) is 5.91 Å². The first kappa shape index (κ1) is 21.0. The molecule has 0 spiro atoms. The maximum Gasteiger partial charge on any atom is 0.224 e. The number of nitrogens with one attached hydrogen (secondary N) is 1. The predicted molar refractivity (Wildman–Crippen MR) is 111 cm³/mol. The van der Waals surface area contributed by atoms with Gasteiger partial charge in [-0.05, 0) is 67.1 Å². The average Bonchev–Trinajstić information content (AvgIpc) is 2.75. The molecule has 0 unspecified atom stereocenters. The van der Waals surface area contributed by atoms with E-state index in [-0.39, 0.29) is 23.9 Å².